The molecule has 0 atom stereocenters. The van der Waals surface area contributed by atoms with Crippen molar-refractivity contribution in [1.82, 2.24) is 0 Å². The van der Waals surface area contributed by atoms with E-state index >= 15 is 0 Å². The fraction of sp³-hybridized carbons (Fsp3) is 0.750. The predicted octanol–water partition coefficient (Wildman–Crippen LogP) is 1.56. The molecule has 92 valence electrons. The highest BCUT2D eigenvalue weighted by Crippen LogP contribution is 2.10. The molecular formula is C12H20O4. The zero-order chi connectivity index (χ0) is 12.6. The van der Waals surface area contributed by atoms with Gasteiger partial charge in [0.05, 0.1) is 6.61 Å². The van der Waals surface area contributed by atoms with Gasteiger partial charge in [0.25, 0.3) is 0 Å². The van der Waals surface area contributed by atoms with Crippen LogP contribution in [-0.2, 0) is 19.1 Å². The molecule has 0 aromatic rings. The summed E-state index contributed by atoms with van der Waals surface area (Å²) in [4.78, 5) is 34.7. The molecule has 0 unspecified atom stereocenters. The van der Waals surface area contributed by atoms with Gasteiger partial charge in [-0.15, -0.1) is 0 Å². The molecule has 0 aromatic heterocycles. The second-order valence-corrected chi connectivity index (χ2v) is 3.49. The molecule has 0 amide bonds. The SMILES string of the molecule is CCOCCC(=O)C(C(=O)CC)C(=O)CC. The topological polar surface area (TPSA) is 60.4 Å². The minimum Gasteiger partial charge on any atom is -0.381 e. The first-order valence-corrected chi connectivity index (χ1v) is 5.74. The number of ketones is 3. The summed E-state index contributed by atoms with van der Waals surface area (Å²) in [6.07, 6.45) is 0.573. The zero-order valence-electron chi connectivity index (χ0n) is 10.2. The van der Waals surface area contributed by atoms with Gasteiger partial charge in [-0.2, -0.15) is 0 Å². The van der Waals surface area contributed by atoms with E-state index in [0.717, 1.165) is 0 Å². The number of hydrogen-bond acceptors (Lipinski definition) is 4. The molecule has 0 saturated carbocycles. The van der Waals surface area contributed by atoms with Crippen LogP contribution < -0.4 is 0 Å². The first-order valence-electron chi connectivity index (χ1n) is 5.74. The molecule has 0 aromatic carbocycles. The summed E-state index contributed by atoms with van der Waals surface area (Å²) in [6.45, 7) is 5.96. The Bertz CT molecular complexity index is 242. The Morgan fingerprint density at radius 1 is 0.938 bits per heavy atom. The molecule has 16 heavy (non-hydrogen) atoms. The average Bonchev–Trinajstić information content (AvgIpc) is 2.29. The van der Waals surface area contributed by atoms with E-state index in [-0.39, 0.29) is 43.2 Å². The summed E-state index contributed by atoms with van der Waals surface area (Å²) in [5.41, 5.74) is 0. The molecule has 0 heterocycles. The molecule has 0 bridgehead atoms. The summed E-state index contributed by atoms with van der Waals surface area (Å²) >= 11 is 0. The monoisotopic (exact) mass is 228 g/mol. The molecule has 0 N–H and O–H groups in total. The normalized spacial score (nSPS) is 10.5. The van der Waals surface area contributed by atoms with Gasteiger partial charge in [-0.1, -0.05) is 13.8 Å². The maximum atomic E-state index is 11.7. The molecule has 0 radical (unpaired) electrons. The van der Waals surface area contributed by atoms with Gasteiger partial charge < -0.3 is 4.74 Å². The smallest absolute Gasteiger partial charge is 0.153 e. The zero-order valence-corrected chi connectivity index (χ0v) is 10.2. The highest BCUT2D eigenvalue weighted by atomic mass is 16.5. The molecule has 0 spiro atoms. The maximum Gasteiger partial charge on any atom is 0.153 e. The van der Waals surface area contributed by atoms with Crippen molar-refractivity contribution in [2.45, 2.75) is 40.0 Å². The maximum absolute atomic E-state index is 11.7. The summed E-state index contributed by atoms with van der Waals surface area (Å²) < 4.78 is 5.04. The number of carbonyl (C=O) groups is 3. The lowest BCUT2D eigenvalue weighted by atomic mass is 9.90. The fourth-order valence-corrected chi connectivity index (χ4v) is 1.41. The standard InChI is InChI=1S/C12H20O4/c1-4-9(13)12(10(14)5-2)11(15)7-8-16-6-3/h12H,4-8H2,1-3H3. The van der Waals surface area contributed by atoms with Crippen molar-refractivity contribution >= 4 is 17.3 Å². The lowest BCUT2D eigenvalue weighted by molar-refractivity contribution is -0.140. The molecule has 4 heteroatoms. The summed E-state index contributed by atoms with van der Waals surface area (Å²) in [7, 11) is 0. The van der Waals surface area contributed by atoms with Crippen molar-refractivity contribution in [2.24, 2.45) is 5.92 Å². The Morgan fingerprint density at radius 2 is 1.44 bits per heavy atom. The number of Topliss-reactive ketones (excluding diaryl/α,β-unsaturated/α-hetero) is 3. The van der Waals surface area contributed by atoms with E-state index in [1.54, 1.807) is 13.8 Å². The van der Waals surface area contributed by atoms with Crippen LogP contribution in [0, 0.1) is 5.92 Å². The largest absolute Gasteiger partial charge is 0.381 e. The van der Waals surface area contributed by atoms with Crippen LogP contribution >= 0.6 is 0 Å². The Labute approximate surface area is 96.4 Å². The number of rotatable bonds is 9. The molecule has 4 nitrogen and oxygen atoms in total. The van der Waals surface area contributed by atoms with Gasteiger partial charge in [0.2, 0.25) is 0 Å². The molecule has 0 aliphatic rings. The van der Waals surface area contributed by atoms with Crippen LogP contribution in [0.5, 0.6) is 0 Å². The minimum absolute atomic E-state index is 0.135. The van der Waals surface area contributed by atoms with E-state index in [1.165, 1.54) is 0 Å². The van der Waals surface area contributed by atoms with Crippen LogP contribution in [-0.4, -0.2) is 30.6 Å². The van der Waals surface area contributed by atoms with E-state index in [4.69, 9.17) is 4.74 Å². The Kier molecular flexibility index (Phi) is 7.64. The Balaban J connectivity index is 4.45. The van der Waals surface area contributed by atoms with Crippen molar-refractivity contribution in [3.63, 3.8) is 0 Å². The second kappa shape index (κ2) is 8.16. The third kappa shape index (κ3) is 4.66. The first-order chi connectivity index (χ1) is 7.58. The van der Waals surface area contributed by atoms with E-state index in [9.17, 15) is 14.4 Å². The van der Waals surface area contributed by atoms with E-state index in [1.807, 2.05) is 6.92 Å². The quantitative estimate of drug-likeness (QED) is 0.444. The molecule has 0 aliphatic heterocycles. The summed E-state index contributed by atoms with van der Waals surface area (Å²) in [6, 6.07) is 0. The second-order valence-electron chi connectivity index (χ2n) is 3.49. The van der Waals surface area contributed by atoms with Crippen LogP contribution in [0.15, 0.2) is 0 Å². The van der Waals surface area contributed by atoms with E-state index in [0.29, 0.717) is 6.61 Å². The van der Waals surface area contributed by atoms with E-state index < -0.39 is 5.92 Å². The highest BCUT2D eigenvalue weighted by molar-refractivity contribution is 6.19. The van der Waals surface area contributed by atoms with Crippen LogP contribution in [0.2, 0.25) is 0 Å². The van der Waals surface area contributed by atoms with Gasteiger partial charge in [-0.05, 0) is 6.92 Å². The van der Waals surface area contributed by atoms with Gasteiger partial charge in [0.15, 0.2) is 17.3 Å². The van der Waals surface area contributed by atoms with E-state index in [2.05, 4.69) is 0 Å². The van der Waals surface area contributed by atoms with Gasteiger partial charge in [-0.25, -0.2) is 0 Å². The van der Waals surface area contributed by atoms with Crippen LogP contribution in [0.4, 0.5) is 0 Å². The molecule has 0 aliphatic carbocycles. The first kappa shape index (κ1) is 15.0. The van der Waals surface area contributed by atoms with Crippen LogP contribution in [0.1, 0.15) is 40.0 Å². The summed E-state index contributed by atoms with van der Waals surface area (Å²) in [5, 5.41) is 0. The van der Waals surface area contributed by atoms with Gasteiger partial charge in [-0.3, -0.25) is 14.4 Å². The van der Waals surface area contributed by atoms with Crippen molar-refractivity contribution in [3.05, 3.63) is 0 Å². The fourth-order valence-electron chi connectivity index (χ4n) is 1.41. The van der Waals surface area contributed by atoms with Crippen molar-refractivity contribution in [3.8, 4) is 0 Å². The van der Waals surface area contributed by atoms with Crippen LogP contribution in [0.25, 0.3) is 0 Å². The predicted molar refractivity (Wildman–Crippen MR) is 60.2 cm³/mol. The number of ether oxygens (including phenoxy) is 1. The van der Waals surface area contributed by atoms with Gasteiger partial charge in [0.1, 0.15) is 5.92 Å². The Hall–Kier alpha value is -1.03. The lowest BCUT2D eigenvalue weighted by Gasteiger charge is -2.11. The lowest BCUT2D eigenvalue weighted by Crippen LogP contribution is -2.31. The van der Waals surface area contributed by atoms with Gasteiger partial charge in [0, 0.05) is 25.9 Å². The molecule has 0 saturated heterocycles. The average molecular weight is 228 g/mol. The number of carbonyl (C=O) groups excluding carboxylic acids is 3. The highest BCUT2D eigenvalue weighted by Gasteiger charge is 2.30. The summed E-state index contributed by atoms with van der Waals surface area (Å²) in [5.74, 6) is -1.94. The molecular weight excluding hydrogens is 208 g/mol. The Morgan fingerprint density at radius 3 is 1.81 bits per heavy atom. The van der Waals surface area contributed by atoms with Crippen molar-refractivity contribution in [1.29, 1.82) is 0 Å². The third-order valence-corrected chi connectivity index (χ3v) is 2.36. The number of hydrogen-bond donors (Lipinski definition) is 0. The van der Waals surface area contributed by atoms with Gasteiger partial charge >= 0.3 is 0 Å². The van der Waals surface area contributed by atoms with Crippen LogP contribution in [0.3, 0.4) is 0 Å². The minimum atomic E-state index is -1.06. The third-order valence-electron chi connectivity index (χ3n) is 2.36. The molecule has 0 fully saturated rings. The van der Waals surface area contributed by atoms with Crippen molar-refractivity contribution in [2.75, 3.05) is 13.2 Å². The molecule has 0 rings (SSSR count). The van der Waals surface area contributed by atoms with Crippen molar-refractivity contribution < 1.29 is 19.1 Å².